The van der Waals surface area contributed by atoms with Crippen LogP contribution in [0.25, 0.3) is 0 Å². The topological polar surface area (TPSA) is 15.7 Å². The zero-order valence-corrected chi connectivity index (χ0v) is 22.6. The largest absolute Gasteiger partial charge is 0.457 e. The monoisotopic (exact) mass is 452 g/mol. The first kappa shape index (κ1) is 27.4. The van der Waals surface area contributed by atoms with Crippen LogP contribution in [0.15, 0.2) is 36.4 Å². The molecule has 0 radical (unpaired) electrons. The maximum Gasteiger partial charge on any atom is 0.130 e. The summed E-state index contributed by atoms with van der Waals surface area (Å²) in [5.74, 6) is 3.04. The molecule has 0 fully saturated rings. The third-order valence-electron chi connectivity index (χ3n) is 6.91. The first-order chi connectivity index (χ1) is 15.8. The van der Waals surface area contributed by atoms with Gasteiger partial charge in [-0.3, -0.25) is 0 Å². The Bertz CT molecular complexity index is 766. The van der Waals surface area contributed by atoms with Gasteiger partial charge in [0.05, 0.1) is 0 Å². The fraction of sp³-hybridized carbons (Fsp3) is 0.600. The quantitative estimate of drug-likeness (QED) is 0.295. The van der Waals surface area contributed by atoms with Crippen molar-refractivity contribution in [2.24, 2.45) is 0 Å². The second kappa shape index (κ2) is 13.8. The van der Waals surface area contributed by atoms with Crippen LogP contribution in [0.5, 0.6) is 11.5 Å². The maximum atomic E-state index is 6.67. The van der Waals surface area contributed by atoms with E-state index in [0.717, 1.165) is 63.6 Å². The van der Waals surface area contributed by atoms with E-state index in [9.17, 15) is 0 Å². The predicted octanol–water partition coefficient (Wildman–Crippen LogP) is 7.49. The molecule has 0 aromatic heterocycles. The Morgan fingerprint density at radius 2 is 0.970 bits per heavy atom. The molecular weight excluding hydrogens is 404 g/mol. The molecule has 0 atom stereocenters. The summed E-state index contributed by atoms with van der Waals surface area (Å²) in [5, 5.41) is 0. The summed E-state index contributed by atoms with van der Waals surface area (Å²) in [6, 6.07) is 13.6. The molecule has 0 unspecified atom stereocenters. The van der Waals surface area contributed by atoms with E-state index in [0.29, 0.717) is 11.8 Å². The number of benzene rings is 2. The number of likely N-dealkylation sites (N-methyl/N-ethyl adjacent to an activating group) is 2. The molecule has 3 heteroatoms. The minimum Gasteiger partial charge on any atom is -0.457 e. The summed E-state index contributed by atoms with van der Waals surface area (Å²) in [7, 11) is 0. The molecule has 0 spiro atoms. The van der Waals surface area contributed by atoms with Crippen molar-refractivity contribution in [3.05, 3.63) is 58.7 Å². The van der Waals surface area contributed by atoms with E-state index in [1.165, 1.54) is 22.3 Å². The van der Waals surface area contributed by atoms with E-state index in [2.05, 4.69) is 102 Å². The Morgan fingerprint density at radius 3 is 1.27 bits per heavy atom. The number of rotatable bonds is 14. The van der Waals surface area contributed by atoms with Gasteiger partial charge in [0.1, 0.15) is 11.5 Å². The van der Waals surface area contributed by atoms with Crippen LogP contribution in [-0.2, 0) is 12.8 Å². The van der Waals surface area contributed by atoms with Gasteiger partial charge in [0, 0.05) is 13.1 Å². The lowest BCUT2D eigenvalue weighted by molar-refractivity contribution is 0.305. The van der Waals surface area contributed by atoms with Crippen LogP contribution in [-0.4, -0.2) is 49.1 Å². The smallest absolute Gasteiger partial charge is 0.130 e. The van der Waals surface area contributed by atoms with Crippen LogP contribution in [0, 0.1) is 0 Å². The highest BCUT2D eigenvalue weighted by atomic mass is 16.5. The summed E-state index contributed by atoms with van der Waals surface area (Å²) < 4.78 is 6.67. The average Bonchev–Trinajstić information content (AvgIpc) is 2.81. The Morgan fingerprint density at radius 1 is 0.606 bits per heavy atom. The molecule has 2 rings (SSSR count). The second-order valence-corrected chi connectivity index (χ2v) is 9.70. The highest BCUT2D eigenvalue weighted by Crippen LogP contribution is 2.33. The molecule has 0 heterocycles. The fourth-order valence-corrected chi connectivity index (χ4v) is 4.26. The van der Waals surface area contributed by atoms with Crippen molar-refractivity contribution < 1.29 is 4.74 Å². The lowest BCUT2D eigenvalue weighted by atomic mass is 9.98. The molecule has 0 amide bonds. The molecule has 0 saturated carbocycles. The third kappa shape index (κ3) is 8.15. The summed E-state index contributed by atoms with van der Waals surface area (Å²) in [6.07, 6.45) is 2.02. The Labute approximate surface area is 204 Å². The van der Waals surface area contributed by atoms with Crippen LogP contribution in [0.4, 0.5) is 0 Å². The average molecular weight is 453 g/mol. The van der Waals surface area contributed by atoms with Crippen LogP contribution >= 0.6 is 0 Å². The molecule has 0 N–H and O–H groups in total. The first-order valence-corrected chi connectivity index (χ1v) is 13.2. The molecule has 0 aliphatic carbocycles. The van der Waals surface area contributed by atoms with E-state index < -0.39 is 0 Å². The molecule has 0 aliphatic heterocycles. The van der Waals surface area contributed by atoms with Gasteiger partial charge in [-0.1, -0.05) is 79.7 Å². The molecule has 0 saturated heterocycles. The second-order valence-electron chi connectivity index (χ2n) is 9.70. The Balaban J connectivity index is 2.36. The minimum absolute atomic E-state index is 0.515. The van der Waals surface area contributed by atoms with Crippen molar-refractivity contribution in [1.29, 1.82) is 0 Å². The van der Waals surface area contributed by atoms with Crippen molar-refractivity contribution in [2.45, 2.75) is 80.1 Å². The van der Waals surface area contributed by atoms with Crippen LogP contribution in [0.1, 0.15) is 89.5 Å². The molecule has 3 nitrogen and oxygen atoms in total. The van der Waals surface area contributed by atoms with E-state index in [1.54, 1.807) is 0 Å². The van der Waals surface area contributed by atoms with Crippen molar-refractivity contribution in [3.63, 3.8) is 0 Å². The maximum absolute atomic E-state index is 6.67. The zero-order chi connectivity index (χ0) is 24.4. The van der Waals surface area contributed by atoms with Gasteiger partial charge in [0.15, 0.2) is 0 Å². The van der Waals surface area contributed by atoms with Crippen LogP contribution in [0.3, 0.4) is 0 Å². The molecule has 0 aliphatic rings. The standard InChI is InChI=1S/C30H48N2O/c1-9-31(10-2)19-17-27-21-25(23(5)6)13-15-29(27)33-30-16-14-26(24(7)8)22-28(30)18-20-32(11-3)12-4/h13-16,21-24H,9-12,17-20H2,1-8H3. The lowest BCUT2D eigenvalue weighted by Crippen LogP contribution is -2.25. The van der Waals surface area contributed by atoms with E-state index in [1.807, 2.05) is 0 Å². The van der Waals surface area contributed by atoms with Gasteiger partial charge in [-0.05, 0) is 85.2 Å². The number of hydrogen-bond acceptors (Lipinski definition) is 3. The van der Waals surface area contributed by atoms with Gasteiger partial charge < -0.3 is 14.5 Å². The number of nitrogens with zero attached hydrogens (tertiary/aromatic N) is 2. The van der Waals surface area contributed by atoms with Gasteiger partial charge >= 0.3 is 0 Å². The van der Waals surface area contributed by atoms with Crippen LogP contribution in [0.2, 0.25) is 0 Å². The molecule has 33 heavy (non-hydrogen) atoms. The zero-order valence-electron chi connectivity index (χ0n) is 22.6. The highest BCUT2D eigenvalue weighted by Gasteiger charge is 2.14. The molecular formula is C30H48N2O. The van der Waals surface area contributed by atoms with Crippen molar-refractivity contribution in [3.8, 4) is 11.5 Å². The Hall–Kier alpha value is -1.84. The first-order valence-electron chi connectivity index (χ1n) is 13.2. The predicted molar refractivity (Wildman–Crippen MR) is 144 cm³/mol. The van der Waals surface area contributed by atoms with Crippen molar-refractivity contribution in [1.82, 2.24) is 9.80 Å². The van der Waals surface area contributed by atoms with Crippen molar-refractivity contribution in [2.75, 3.05) is 39.3 Å². The lowest BCUT2D eigenvalue weighted by Gasteiger charge is -2.22. The number of hydrogen-bond donors (Lipinski definition) is 0. The normalized spacial score (nSPS) is 11.9. The summed E-state index contributed by atoms with van der Waals surface area (Å²) in [6.45, 7) is 24.5. The Kier molecular flexibility index (Phi) is 11.4. The summed E-state index contributed by atoms with van der Waals surface area (Å²) in [4.78, 5) is 4.97. The summed E-state index contributed by atoms with van der Waals surface area (Å²) >= 11 is 0. The summed E-state index contributed by atoms with van der Waals surface area (Å²) in [5.41, 5.74) is 5.40. The highest BCUT2D eigenvalue weighted by molar-refractivity contribution is 5.45. The van der Waals surface area contributed by atoms with Gasteiger partial charge in [-0.25, -0.2) is 0 Å². The van der Waals surface area contributed by atoms with Gasteiger partial charge in [0.25, 0.3) is 0 Å². The molecule has 2 aromatic rings. The third-order valence-corrected chi connectivity index (χ3v) is 6.91. The van der Waals surface area contributed by atoms with E-state index in [4.69, 9.17) is 4.74 Å². The minimum atomic E-state index is 0.515. The molecule has 0 bridgehead atoms. The van der Waals surface area contributed by atoms with Crippen LogP contribution < -0.4 is 4.74 Å². The number of ether oxygens (including phenoxy) is 1. The fourth-order valence-electron chi connectivity index (χ4n) is 4.26. The molecule has 2 aromatic carbocycles. The SMILES string of the molecule is CCN(CC)CCc1cc(C(C)C)ccc1Oc1ccc(C(C)C)cc1CCN(CC)CC. The van der Waals surface area contributed by atoms with E-state index in [-0.39, 0.29) is 0 Å². The van der Waals surface area contributed by atoms with Gasteiger partial charge in [-0.2, -0.15) is 0 Å². The van der Waals surface area contributed by atoms with Gasteiger partial charge in [0.2, 0.25) is 0 Å². The van der Waals surface area contributed by atoms with E-state index >= 15 is 0 Å². The molecule has 184 valence electrons. The van der Waals surface area contributed by atoms with Crippen molar-refractivity contribution >= 4 is 0 Å². The van der Waals surface area contributed by atoms with Gasteiger partial charge in [-0.15, -0.1) is 0 Å².